The molecule has 206 valence electrons. The lowest BCUT2D eigenvalue weighted by Gasteiger charge is -2.37. The molecule has 0 N–H and O–H groups in total. The highest BCUT2D eigenvalue weighted by Gasteiger charge is 2.45. The Bertz CT molecular complexity index is 2150. The number of thiophene rings is 1. The largest absolute Gasteiger partial charge is 0.226 e. The minimum atomic E-state index is 0.125. The third-order valence-electron chi connectivity index (χ3n) is 9.70. The van der Waals surface area contributed by atoms with Crippen molar-refractivity contribution in [1.82, 2.24) is 9.97 Å². The van der Waals surface area contributed by atoms with Crippen LogP contribution in [0.5, 0.6) is 0 Å². The van der Waals surface area contributed by atoms with E-state index in [1.165, 1.54) is 70.0 Å². The van der Waals surface area contributed by atoms with Gasteiger partial charge in [-0.15, -0.1) is 11.3 Å². The fourth-order valence-corrected chi connectivity index (χ4v) is 8.94. The van der Waals surface area contributed by atoms with E-state index in [2.05, 4.69) is 115 Å². The zero-order valence-corrected chi connectivity index (χ0v) is 24.7. The SMILES string of the molecule is c1ccc(-c2nc(-c3ccc(-c4cccc5c4C4(CCCCC4)c4ccccc4-5)cc3)c3sc4ccccc4c3n2)cc1. The molecule has 0 aliphatic heterocycles. The Hall–Kier alpha value is -4.60. The van der Waals surface area contributed by atoms with E-state index < -0.39 is 0 Å². The molecule has 9 rings (SSSR count). The molecule has 0 atom stereocenters. The summed E-state index contributed by atoms with van der Waals surface area (Å²) in [4.78, 5) is 10.3. The second kappa shape index (κ2) is 9.72. The van der Waals surface area contributed by atoms with Crippen molar-refractivity contribution in [3.8, 4) is 44.9 Å². The first-order valence-electron chi connectivity index (χ1n) is 15.4. The van der Waals surface area contributed by atoms with Crippen LogP contribution in [0.25, 0.3) is 65.2 Å². The Balaban J connectivity index is 1.21. The molecule has 2 heterocycles. The smallest absolute Gasteiger partial charge is 0.160 e. The minimum absolute atomic E-state index is 0.125. The molecule has 1 spiro atoms. The minimum Gasteiger partial charge on any atom is -0.226 e. The molecule has 2 nitrogen and oxygen atoms in total. The van der Waals surface area contributed by atoms with Gasteiger partial charge in [0.15, 0.2) is 5.82 Å². The average molecular weight is 571 g/mol. The molecule has 2 aliphatic rings. The summed E-state index contributed by atoms with van der Waals surface area (Å²) in [5.41, 5.74) is 12.9. The molecule has 1 fully saturated rings. The van der Waals surface area contributed by atoms with Crippen LogP contribution in [0.15, 0.2) is 121 Å². The predicted octanol–water partition coefficient (Wildman–Crippen LogP) is 11.1. The van der Waals surface area contributed by atoms with Gasteiger partial charge < -0.3 is 0 Å². The van der Waals surface area contributed by atoms with E-state index in [0.29, 0.717) is 0 Å². The van der Waals surface area contributed by atoms with Crippen molar-refractivity contribution >= 4 is 31.6 Å². The van der Waals surface area contributed by atoms with Crippen LogP contribution in [0.2, 0.25) is 0 Å². The predicted molar refractivity (Wildman–Crippen MR) is 181 cm³/mol. The summed E-state index contributed by atoms with van der Waals surface area (Å²) in [6.45, 7) is 0. The van der Waals surface area contributed by atoms with E-state index in [9.17, 15) is 0 Å². The number of rotatable bonds is 3. The standard InChI is InChI=1S/C40H30N2S/c1-3-12-28(13-4-1)39-41-36(38-37(42-39)32-15-6-8-19-34(32)43-38)27-22-20-26(21-23-27)29-16-11-17-31-30-14-5-7-18-33(30)40(35(29)31)24-9-2-10-25-40/h1,3-8,11-23H,2,9-10,24-25H2. The fourth-order valence-electron chi connectivity index (χ4n) is 7.79. The average Bonchev–Trinajstić information content (AvgIpc) is 3.59. The molecule has 0 radical (unpaired) electrons. The second-order valence-corrected chi connectivity index (χ2v) is 13.1. The molecular weight excluding hydrogens is 541 g/mol. The van der Waals surface area contributed by atoms with Gasteiger partial charge in [-0.05, 0) is 52.3 Å². The summed E-state index contributed by atoms with van der Waals surface area (Å²) in [6, 6.07) is 44.2. The van der Waals surface area contributed by atoms with E-state index in [0.717, 1.165) is 32.9 Å². The van der Waals surface area contributed by atoms with Gasteiger partial charge in [-0.25, -0.2) is 9.97 Å². The normalized spacial score (nSPS) is 15.2. The van der Waals surface area contributed by atoms with Crippen molar-refractivity contribution in [1.29, 1.82) is 0 Å². The van der Waals surface area contributed by atoms with Crippen molar-refractivity contribution in [2.75, 3.05) is 0 Å². The molecule has 3 heteroatoms. The van der Waals surface area contributed by atoms with Gasteiger partial charge in [-0.2, -0.15) is 0 Å². The summed E-state index contributed by atoms with van der Waals surface area (Å²) in [7, 11) is 0. The van der Waals surface area contributed by atoms with Gasteiger partial charge in [-0.3, -0.25) is 0 Å². The van der Waals surface area contributed by atoms with Crippen LogP contribution < -0.4 is 0 Å². The summed E-state index contributed by atoms with van der Waals surface area (Å²) in [5.74, 6) is 0.772. The Morgan fingerprint density at radius 1 is 0.535 bits per heavy atom. The van der Waals surface area contributed by atoms with Gasteiger partial charge in [0.05, 0.1) is 15.9 Å². The first kappa shape index (κ1) is 24.9. The highest BCUT2D eigenvalue weighted by Crippen LogP contribution is 2.58. The Kier molecular flexibility index (Phi) is 5.64. The van der Waals surface area contributed by atoms with Crippen molar-refractivity contribution in [3.63, 3.8) is 0 Å². The molecule has 7 aromatic rings. The van der Waals surface area contributed by atoms with Crippen LogP contribution in [0, 0.1) is 0 Å². The van der Waals surface area contributed by atoms with Gasteiger partial charge in [0.25, 0.3) is 0 Å². The highest BCUT2D eigenvalue weighted by atomic mass is 32.1. The van der Waals surface area contributed by atoms with E-state index in [1.54, 1.807) is 16.9 Å². The molecule has 2 aromatic heterocycles. The zero-order chi connectivity index (χ0) is 28.4. The summed E-state index contributed by atoms with van der Waals surface area (Å²) >= 11 is 1.79. The fraction of sp³-hybridized carbons (Fsp3) is 0.150. The van der Waals surface area contributed by atoms with Crippen LogP contribution >= 0.6 is 11.3 Å². The van der Waals surface area contributed by atoms with Crippen LogP contribution in [0.4, 0.5) is 0 Å². The number of hydrogen-bond donors (Lipinski definition) is 0. The molecule has 0 unspecified atom stereocenters. The van der Waals surface area contributed by atoms with Crippen LogP contribution in [0.3, 0.4) is 0 Å². The molecular formula is C40H30N2S. The monoisotopic (exact) mass is 570 g/mol. The Labute approximate surface area is 255 Å². The van der Waals surface area contributed by atoms with E-state index >= 15 is 0 Å². The van der Waals surface area contributed by atoms with Crippen molar-refractivity contribution < 1.29 is 0 Å². The third-order valence-corrected chi connectivity index (χ3v) is 10.9. The molecule has 5 aromatic carbocycles. The summed E-state index contributed by atoms with van der Waals surface area (Å²) < 4.78 is 2.39. The zero-order valence-electron chi connectivity index (χ0n) is 23.9. The lowest BCUT2D eigenvalue weighted by Crippen LogP contribution is -2.28. The first-order chi connectivity index (χ1) is 21.3. The quantitative estimate of drug-likeness (QED) is 0.211. The van der Waals surface area contributed by atoms with Crippen LogP contribution in [0.1, 0.15) is 43.2 Å². The molecule has 0 amide bonds. The maximum atomic E-state index is 5.19. The maximum Gasteiger partial charge on any atom is 0.160 e. The van der Waals surface area contributed by atoms with Gasteiger partial charge in [0.1, 0.15) is 0 Å². The van der Waals surface area contributed by atoms with Crippen molar-refractivity contribution in [3.05, 3.63) is 132 Å². The van der Waals surface area contributed by atoms with Crippen LogP contribution in [-0.2, 0) is 5.41 Å². The molecule has 0 bridgehead atoms. The third kappa shape index (κ3) is 3.78. The first-order valence-corrected chi connectivity index (χ1v) is 16.2. The lowest BCUT2D eigenvalue weighted by molar-refractivity contribution is 0.353. The maximum absolute atomic E-state index is 5.19. The molecule has 43 heavy (non-hydrogen) atoms. The van der Waals surface area contributed by atoms with E-state index in [4.69, 9.17) is 9.97 Å². The van der Waals surface area contributed by atoms with Crippen molar-refractivity contribution in [2.45, 2.75) is 37.5 Å². The Morgan fingerprint density at radius 3 is 2.09 bits per heavy atom. The van der Waals surface area contributed by atoms with Crippen LogP contribution in [-0.4, -0.2) is 9.97 Å². The highest BCUT2D eigenvalue weighted by molar-refractivity contribution is 7.26. The second-order valence-electron chi connectivity index (χ2n) is 12.0. The van der Waals surface area contributed by atoms with Gasteiger partial charge in [0, 0.05) is 26.6 Å². The lowest BCUT2D eigenvalue weighted by atomic mass is 9.66. The van der Waals surface area contributed by atoms with Gasteiger partial charge >= 0.3 is 0 Å². The number of nitrogens with zero attached hydrogens (tertiary/aromatic N) is 2. The number of aromatic nitrogens is 2. The van der Waals surface area contributed by atoms with Crippen molar-refractivity contribution in [2.24, 2.45) is 0 Å². The summed E-state index contributed by atoms with van der Waals surface area (Å²) in [6.07, 6.45) is 6.40. The molecule has 2 aliphatic carbocycles. The topological polar surface area (TPSA) is 25.8 Å². The van der Waals surface area contributed by atoms with Gasteiger partial charge in [-0.1, -0.05) is 135 Å². The van der Waals surface area contributed by atoms with E-state index in [1.807, 2.05) is 6.07 Å². The number of fused-ring (bicyclic) bond motifs is 8. The number of hydrogen-bond acceptors (Lipinski definition) is 3. The summed E-state index contributed by atoms with van der Waals surface area (Å²) in [5, 5.41) is 1.19. The Morgan fingerprint density at radius 2 is 1.23 bits per heavy atom. The van der Waals surface area contributed by atoms with Gasteiger partial charge in [0.2, 0.25) is 0 Å². The number of benzene rings is 5. The van der Waals surface area contributed by atoms with E-state index in [-0.39, 0.29) is 5.41 Å². The molecule has 0 saturated heterocycles. The molecule has 1 saturated carbocycles.